The fourth-order valence-electron chi connectivity index (χ4n) is 3.08. The summed E-state index contributed by atoms with van der Waals surface area (Å²) in [6, 6.07) is 25.2. The molecule has 0 aliphatic carbocycles. The Kier molecular flexibility index (Phi) is 6.21. The maximum Gasteiger partial charge on any atom is 0.232 e. The van der Waals surface area contributed by atoms with Crippen molar-refractivity contribution in [2.24, 2.45) is 0 Å². The van der Waals surface area contributed by atoms with E-state index in [1.165, 1.54) is 0 Å². The van der Waals surface area contributed by atoms with Crippen LogP contribution in [0.15, 0.2) is 77.2 Å². The molecule has 3 aromatic carbocycles. The van der Waals surface area contributed by atoms with Gasteiger partial charge < -0.3 is 14.5 Å². The number of ether oxygens (including phenoxy) is 1. The lowest BCUT2D eigenvalue weighted by atomic mass is 10.1. The van der Waals surface area contributed by atoms with Crippen molar-refractivity contribution in [1.82, 2.24) is 4.98 Å². The predicted molar refractivity (Wildman–Crippen MR) is 120 cm³/mol. The standard InChI is InChI=1S/C25H20ClN3O2/c1-17-13-21(11-12-22(17)26)30-20-9-7-19(8-10-20)16-28-25-23(15-27)29-24(31-25)14-18-5-3-2-4-6-18/h2-13,28H,14,16H2,1H3. The number of oxazole rings is 1. The molecule has 5 nitrogen and oxygen atoms in total. The smallest absolute Gasteiger partial charge is 0.232 e. The van der Waals surface area contributed by atoms with Crippen LogP contribution in [0.3, 0.4) is 0 Å². The average molecular weight is 430 g/mol. The molecule has 0 bridgehead atoms. The first-order chi connectivity index (χ1) is 15.1. The lowest BCUT2D eigenvalue weighted by Crippen LogP contribution is -1.99. The van der Waals surface area contributed by atoms with E-state index >= 15 is 0 Å². The molecular weight excluding hydrogens is 410 g/mol. The molecule has 0 aliphatic heterocycles. The van der Waals surface area contributed by atoms with Crippen LogP contribution >= 0.6 is 11.6 Å². The van der Waals surface area contributed by atoms with Crippen molar-refractivity contribution in [3.63, 3.8) is 0 Å². The van der Waals surface area contributed by atoms with Crippen LogP contribution < -0.4 is 10.1 Å². The maximum absolute atomic E-state index is 9.37. The second kappa shape index (κ2) is 9.38. The summed E-state index contributed by atoms with van der Waals surface area (Å²) in [5.74, 6) is 2.35. The van der Waals surface area contributed by atoms with Crippen LogP contribution in [-0.4, -0.2) is 4.98 Å². The molecule has 4 rings (SSSR count). The van der Waals surface area contributed by atoms with Crippen LogP contribution in [-0.2, 0) is 13.0 Å². The molecule has 0 saturated carbocycles. The molecule has 0 saturated heterocycles. The Morgan fingerprint density at radius 1 is 1.00 bits per heavy atom. The minimum absolute atomic E-state index is 0.254. The topological polar surface area (TPSA) is 71.1 Å². The van der Waals surface area contributed by atoms with E-state index in [-0.39, 0.29) is 5.69 Å². The van der Waals surface area contributed by atoms with Crippen molar-refractivity contribution in [1.29, 1.82) is 5.26 Å². The number of hydrogen-bond donors (Lipinski definition) is 1. The van der Waals surface area contributed by atoms with Gasteiger partial charge in [0.25, 0.3) is 0 Å². The van der Waals surface area contributed by atoms with Crippen LogP contribution in [0.25, 0.3) is 0 Å². The van der Waals surface area contributed by atoms with Gasteiger partial charge in [0.2, 0.25) is 17.5 Å². The Labute approximate surface area is 185 Å². The number of nitrogens with zero attached hydrogens (tertiary/aromatic N) is 2. The summed E-state index contributed by atoms with van der Waals surface area (Å²) in [5, 5.41) is 13.2. The zero-order chi connectivity index (χ0) is 21.6. The fraction of sp³-hybridized carbons (Fsp3) is 0.120. The van der Waals surface area contributed by atoms with Crippen LogP contribution in [0.4, 0.5) is 5.88 Å². The molecule has 1 aromatic heterocycles. The van der Waals surface area contributed by atoms with Crippen LogP contribution in [0.5, 0.6) is 11.5 Å². The lowest BCUT2D eigenvalue weighted by molar-refractivity contribution is 0.482. The van der Waals surface area contributed by atoms with E-state index in [0.29, 0.717) is 29.8 Å². The fourth-order valence-corrected chi connectivity index (χ4v) is 3.20. The highest BCUT2D eigenvalue weighted by atomic mass is 35.5. The van der Waals surface area contributed by atoms with Gasteiger partial charge >= 0.3 is 0 Å². The Hall–Kier alpha value is -3.75. The molecule has 0 atom stereocenters. The lowest BCUT2D eigenvalue weighted by Gasteiger charge is -2.09. The minimum atomic E-state index is 0.254. The van der Waals surface area contributed by atoms with Crippen molar-refractivity contribution in [3.8, 4) is 17.6 Å². The van der Waals surface area contributed by atoms with E-state index in [4.69, 9.17) is 20.8 Å². The Balaban J connectivity index is 1.38. The van der Waals surface area contributed by atoms with Gasteiger partial charge in [-0.15, -0.1) is 0 Å². The van der Waals surface area contributed by atoms with Crippen molar-refractivity contribution in [2.75, 3.05) is 5.32 Å². The van der Waals surface area contributed by atoms with E-state index < -0.39 is 0 Å². The zero-order valence-electron chi connectivity index (χ0n) is 16.9. The van der Waals surface area contributed by atoms with Gasteiger partial charge in [-0.3, -0.25) is 0 Å². The second-order valence-electron chi connectivity index (χ2n) is 7.07. The van der Waals surface area contributed by atoms with Gasteiger partial charge in [0.05, 0.1) is 0 Å². The summed E-state index contributed by atoms with van der Waals surface area (Å²) in [6.45, 7) is 2.43. The number of nitriles is 1. The minimum Gasteiger partial charge on any atom is -0.457 e. The quantitative estimate of drug-likeness (QED) is 0.363. The summed E-state index contributed by atoms with van der Waals surface area (Å²) in [5.41, 5.74) is 3.31. The van der Waals surface area contributed by atoms with Gasteiger partial charge in [0.1, 0.15) is 17.6 Å². The Bertz CT molecular complexity index is 1210. The second-order valence-corrected chi connectivity index (χ2v) is 7.48. The SMILES string of the molecule is Cc1cc(Oc2ccc(CNc3oc(Cc4ccccc4)nc3C#N)cc2)ccc1Cl. The molecule has 0 aliphatic rings. The van der Waals surface area contributed by atoms with Crippen LogP contribution in [0, 0.1) is 18.3 Å². The monoisotopic (exact) mass is 429 g/mol. The Morgan fingerprint density at radius 3 is 2.45 bits per heavy atom. The normalized spacial score (nSPS) is 10.5. The first-order valence-corrected chi connectivity index (χ1v) is 10.2. The predicted octanol–water partition coefficient (Wildman–Crippen LogP) is 6.50. The van der Waals surface area contributed by atoms with Gasteiger partial charge in [0.15, 0.2) is 0 Å². The van der Waals surface area contributed by atoms with E-state index in [0.717, 1.165) is 28.2 Å². The van der Waals surface area contributed by atoms with Crippen molar-refractivity contribution in [2.45, 2.75) is 19.9 Å². The molecular formula is C25H20ClN3O2. The summed E-state index contributed by atoms with van der Waals surface area (Å²) >= 11 is 6.06. The highest BCUT2D eigenvalue weighted by molar-refractivity contribution is 6.31. The van der Waals surface area contributed by atoms with Crippen LogP contribution in [0.1, 0.15) is 28.3 Å². The zero-order valence-corrected chi connectivity index (χ0v) is 17.7. The van der Waals surface area contributed by atoms with Gasteiger partial charge in [0, 0.05) is 18.0 Å². The number of rotatable bonds is 7. The summed E-state index contributed by atoms with van der Waals surface area (Å²) in [4.78, 5) is 4.29. The van der Waals surface area contributed by atoms with Gasteiger partial charge in [-0.1, -0.05) is 54.1 Å². The third-order valence-corrected chi connectivity index (χ3v) is 5.14. The molecule has 31 heavy (non-hydrogen) atoms. The molecule has 6 heteroatoms. The number of anilines is 1. The van der Waals surface area contributed by atoms with E-state index in [2.05, 4.69) is 16.4 Å². The molecule has 0 fully saturated rings. The van der Waals surface area contributed by atoms with E-state index in [1.54, 1.807) is 0 Å². The first-order valence-electron chi connectivity index (χ1n) is 9.81. The molecule has 1 N–H and O–H groups in total. The number of halogens is 1. The molecule has 1 heterocycles. The van der Waals surface area contributed by atoms with Gasteiger partial charge in [-0.2, -0.15) is 5.26 Å². The molecule has 0 spiro atoms. The number of nitrogens with one attached hydrogen (secondary N) is 1. The summed E-state index contributed by atoms with van der Waals surface area (Å²) < 4.78 is 11.7. The van der Waals surface area contributed by atoms with E-state index in [9.17, 15) is 5.26 Å². The number of hydrogen-bond acceptors (Lipinski definition) is 5. The summed E-state index contributed by atoms with van der Waals surface area (Å²) in [7, 11) is 0. The van der Waals surface area contributed by atoms with Gasteiger partial charge in [-0.25, -0.2) is 4.98 Å². The highest BCUT2D eigenvalue weighted by Gasteiger charge is 2.13. The molecule has 154 valence electrons. The van der Waals surface area contributed by atoms with Crippen LogP contribution in [0.2, 0.25) is 5.02 Å². The molecule has 0 amide bonds. The number of benzene rings is 3. The number of aromatic nitrogens is 1. The molecule has 0 radical (unpaired) electrons. The van der Waals surface area contributed by atoms with E-state index in [1.807, 2.05) is 79.7 Å². The number of aryl methyl sites for hydroxylation is 1. The molecule has 4 aromatic rings. The average Bonchev–Trinajstić information content (AvgIpc) is 3.18. The molecule has 0 unspecified atom stereocenters. The van der Waals surface area contributed by atoms with Crippen molar-refractivity contribution < 1.29 is 9.15 Å². The third-order valence-electron chi connectivity index (χ3n) is 4.72. The van der Waals surface area contributed by atoms with Gasteiger partial charge in [-0.05, 0) is 53.9 Å². The maximum atomic E-state index is 9.37. The van der Waals surface area contributed by atoms with Crippen molar-refractivity contribution in [3.05, 3.63) is 106 Å². The first kappa shape index (κ1) is 20.5. The summed E-state index contributed by atoms with van der Waals surface area (Å²) in [6.07, 6.45) is 0.535. The van der Waals surface area contributed by atoms with Crippen molar-refractivity contribution >= 4 is 17.5 Å². The Morgan fingerprint density at radius 2 is 1.74 bits per heavy atom. The highest BCUT2D eigenvalue weighted by Crippen LogP contribution is 2.26. The largest absolute Gasteiger partial charge is 0.457 e. The third kappa shape index (κ3) is 5.25.